The Kier molecular flexibility index (Phi) is 8.66. The summed E-state index contributed by atoms with van der Waals surface area (Å²) in [7, 11) is 2.80. The van der Waals surface area contributed by atoms with E-state index in [2.05, 4.69) is 6.58 Å². The van der Waals surface area contributed by atoms with E-state index in [1.165, 1.54) is 20.1 Å². The highest BCUT2D eigenvalue weighted by Crippen LogP contribution is 2.32. The van der Waals surface area contributed by atoms with Gasteiger partial charge in [0.05, 0.1) is 31.5 Å². The number of rotatable bonds is 10. The maximum Gasteiger partial charge on any atom is 0.340 e. The average Bonchev–Trinajstić information content (AvgIpc) is 2.77. The number of Topliss-reactive ketones (excluding diaryl/α,β-unsaturated/α-hetero) is 1. The van der Waals surface area contributed by atoms with Crippen molar-refractivity contribution < 1.29 is 33.3 Å². The molecule has 0 unspecified atom stereocenters. The van der Waals surface area contributed by atoms with Crippen LogP contribution in [0.15, 0.2) is 36.9 Å². The second kappa shape index (κ2) is 11.2. The smallest absolute Gasteiger partial charge is 0.340 e. The minimum Gasteiger partial charge on any atom is -0.465 e. The molecule has 7 nitrogen and oxygen atoms in total. The lowest BCUT2D eigenvalue weighted by Gasteiger charge is -2.16. The van der Waals surface area contributed by atoms with Gasteiger partial charge in [-0.05, 0) is 54.3 Å². The first-order valence-corrected chi connectivity index (χ1v) is 9.58. The fourth-order valence-electron chi connectivity index (χ4n) is 2.99. The molecule has 2 rings (SSSR count). The number of ether oxygens (including phenoxy) is 4. The number of carbonyl (C=O) groups excluding carboxylic acids is 3. The molecule has 0 aliphatic rings. The van der Waals surface area contributed by atoms with E-state index in [0.717, 1.165) is 11.1 Å². The van der Waals surface area contributed by atoms with Crippen LogP contribution in [0.2, 0.25) is 0 Å². The summed E-state index contributed by atoms with van der Waals surface area (Å²) in [5.74, 6) is -1.43. The van der Waals surface area contributed by atoms with Gasteiger partial charge in [0.2, 0.25) is 0 Å². The third kappa shape index (κ3) is 5.87. The van der Waals surface area contributed by atoms with Crippen LogP contribution < -0.4 is 0 Å². The van der Waals surface area contributed by atoms with E-state index in [4.69, 9.17) is 18.9 Å². The molecule has 0 heterocycles. The first kappa shape index (κ1) is 24.0. The number of methoxy groups -OCH3 is 2. The van der Waals surface area contributed by atoms with Crippen LogP contribution in [0.5, 0.6) is 0 Å². The molecule has 0 radical (unpaired) electrons. The summed E-state index contributed by atoms with van der Waals surface area (Å²) in [6.45, 7) is 7.46. The number of esters is 2. The lowest BCUT2D eigenvalue weighted by molar-refractivity contribution is -0.0435. The fourth-order valence-corrected chi connectivity index (χ4v) is 2.99. The minimum atomic E-state index is -0.623. The molecule has 31 heavy (non-hydrogen) atoms. The second-order valence-electron chi connectivity index (χ2n) is 6.72. The van der Waals surface area contributed by atoms with Gasteiger partial charge in [0.15, 0.2) is 12.6 Å². The van der Waals surface area contributed by atoms with Crippen LogP contribution in [-0.4, -0.2) is 51.9 Å². The Labute approximate surface area is 181 Å². The molecule has 0 aliphatic heterocycles. The molecule has 0 aliphatic carbocycles. The summed E-state index contributed by atoms with van der Waals surface area (Å²) in [4.78, 5) is 37.1. The van der Waals surface area contributed by atoms with Gasteiger partial charge in [-0.3, -0.25) is 4.79 Å². The number of carbonyl (C=O) groups is 3. The quantitative estimate of drug-likeness (QED) is 0.245. The first-order chi connectivity index (χ1) is 14.8. The van der Waals surface area contributed by atoms with Crippen molar-refractivity contribution in [1.29, 1.82) is 0 Å². The van der Waals surface area contributed by atoms with Crippen molar-refractivity contribution in [3.05, 3.63) is 64.7 Å². The van der Waals surface area contributed by atoms with Crippen LogP contribution in [0.25, 0.3) is 17.2 Å². The van der Waals surface area contributed by atoms with Gasteiger partial charge in [0, 0.05) is 12.7 Å². The third-order valence-electron chi connectivity index (χ3n) is 4.67. The minimum absolute atomic E-state index is 0.173. The molecule has 0 fully saturated rings. The van der Waals surface area contributed by atoms with Gasteiger partial charge in [-0.15, -0.1) is 0 Å². The highest BCUT2D eigenvalue weighted by molar-refractivity contribution is 6.06. The molecule has 0 amide bonds. The number of hydrogen-bond acceptors (Lipinski definition) is 7. The predicted molar refractivity (Wildman–Crippen MR) is 116 cm³/mol. The van der Waals surface area contributed by atoms with Gasteiger partial charge < -0.3 is 18.9 Å². The Morgan fingerprint density at radius 2 is 1.68 bits per heavy atom. The molecule has 2 aromatic rings. The number of benzene rings is 2. The Morgan fingerprint density at radius 1 is 0.968 bits per heavy atom. The van der Waals surface area contributed by atoms with Crippen LogP contribution in [0.4, 0.5) is 0 Å². The van der Waals surface area contributed by atoms with Crippen molar-refractivity contribution in [2.75, 3.05) is 34.2 Å². The SMILES string of the molecule is C=Cc1cc(C(=O)OCOCCOC)c(-c2ccc(C(C)=O)cc2C(=O)OC)cc1C. The van der Waals surface area contributed by atoms with Crippen molar-refractivity contribution in [2.24, 2.45) is 0 Å². The lowest BCUT2D eigenvalue weighted by Crippen LogP contribution is -2.13. The second-order valence-corrected chi connectivity index (χ2v) is 6.72. The van der Waals surface area contributed by atoms with Gasteiger partial charge >= 0.3 is 11.9 Å². The molecule has 0 saturated heterocycles. The summed E-state index contributed by atoms with van der Waals surface area (Å²) < 4.78 is 20.2. The molecule has 0 aromatic heterocycles. The summed E-state index contributed by atoms with van der Waals surface area (Å²) >= 11 is 0. The zero-order valence-corrected chi connectivity index (χ0v) is 18.2. The van der Waals surface area contributed by atoms with Gasteiger partial charge in [-0.1, -0.05) is 24.8 Å². The Morgan fingerprint density at radius 3 is 2.29 bits per heavy atom. The van der Waals surface area contributed by atoms with Crippen LogP contribution in [0.1, 0.15) is 49.1 Å². The Hall–Kier alpha value is -3.29. The number of ketones is 1. The molecule has 2 aromatic carbocycles. The van der Waals surface area contributed by atoms with Crippen molar-refractivity contribution in [1.82, 2.24) is 0 Å². The molecule has 0 atom stereocenters. The Balaban J connectivity index is 2.56. The highest BCUT2D eigenvalue weighted by atomic mass is 16.7. The first-order valence-electron chi connectivity index (χ1n) is 9.58. The Bertz CT molecular complexity index is 992. The van der Waals surface area contributed by atoms with Crippen molar-refractivity contribution >= 4 is 23.8 Å². The van der Waals surface area contributed by atoms with E-state index < -0.39 is 11.9 Å². The van der Waals surface area contributed by atoms with E-state index in [1.807, 2.05) is 6.92 Å². The van der Waals surface area contributed by atoms with E-state index in [-0.39, 0.29) is 30.3 Å². The largest absolute Gasteiger partial charge is 0.465 e. The highest BCUT2D eigenvalue weighted by Gasteiger charge is 2.22. The molecule has 0 spiro atoms. The van der Waals surface area contributed by atoms with Crippen molar-refractivity contribution in [3.63, 3.8) is 0 Å². The normalized spacial score (nSPS) is 10.5. The molecule has 7 heteroatoms. The zero-order valence-electron chi connectivity index (χ0n) is 18.2. The molecule has 0 saturated carbocycles. The van der Waals surface area contributed by atoms with Crippen LogP contribution in [-0.2, 0) is 18.9 Å². The van der Waals surface area contributed by atoms with Crippen molar-refractivity contribution in [3.8, 4) is 11.1 Å². The summed E-state index contributed by atoms with van der Waals surface area (Å²) in [5.41, 5.74) is 3.28. The van der Waals surface area contributed by atoms with E-state index in [1.54, 1.807) is 37.5 Å². The van der Waals surface area contributed by atoms with E-state index in [0.29, 0.717) is 23.3 Å². The van der Waals surface area contributed by atoms with Gasteiger partial charge in [0.1, 0.15) is 0 Å². The van der Waals surface area contributed by atoms with E-state index >= 15 is 0 Å². The zero-order chi connectivity index (χ0) is 23.0. The van der Waals surface area contributed by atoms with Gasteiger partial charge in [-0.25, -0.2) is 9.59 Å². The van der Waals surface area contributed by atoms with Crippen molar-refractivity contribution in [2.45, 2.75) is 13.8 Å². The molecule has 164 valence electrons. The van der Waals surface area contributed by atoms with Crippen LogP contribution in [0.3, 0.4) is 0 Å². The maximum absolute atomic E-state index is 12.8. The maximum atomic E-state index is 12.8. The summed E-state index contributed by atoms with van der Waals surface area (Å²) in [5, 5.41) is 0. The van der Waals surface area contributed by atoms with E-state index in [9.17, 15) is 14.4 Å². The third-order valence-corrected chi connectivity index (χ3v) is 4.67. The fraction of sp³-hybridized carbons (Fsp3) is 0.292. The predicted octanol–water partition coefficient (Wildman–Crippen LogP) is 4.07. The van der Waals surface area contributed by atoms with Crippen LogP contribution >= 0.6 is 0 Å². The molecule has 0 N–H and O–H groups in total. The average molecular weight is 426 g/mol. The standard InChI is InChI=1S/C24H26O7/c1-6-17-12-22(24(27)31-14-30-10-9-28-4)20(11-15(17)2)19-8-7-18(16(3)25)13-21(19)23(26)29-5/h6-8,11-13H,1,9-10,14H2,2-5H3. The monoisotopic (exact) mass is 426 g/mol. The number of hydrogen-bond donors (Lipinski definition) is 0. The van der Waals surface area contributed by atoms with Gasteiger partial charge in [0.25, 0.3) is 0 Å². The number of aryl methyl sites for hydroxylation is 1. The van der Waals surface area contributed by atoms with Gasteiger partial charge in [-0.2, -0.15) is 0 Å². The summed E-state index contributed by atoms with van der Waals surface area (Å²) in [6, 6.07) is 8.11. The lowest BCUT2D eigenvalue weighted by atomic mass is 9.90. The molecular formula is C24H26O7. The molecular weight excluding hydrogens is 400 g/mol. The topological polar surface area (TPSA) is 88.1 Å². The van der Waals surface area contributed by atoms with Crippen LogP contribution in [0, 0.1) is 6.92 Å². The summed E-state index contributed by atoms with van der Waals surface area (Å²) in [6.07, 6.45) is 1.63. The molecule has 0 bridgehead atoms.